The summed E-state index contributed by atoms with van der Waals surface area (Å²) < 4.78 is 0. The molecule has 0 atom stereocenters. The smallest absolute Gasteiger partial charge is 0.330 e. The maximum absolute atomic E-state index is 10.6. The summed E-state index contributed by atoms with van der Waals surface area (Å²) in [7, 11) is 0. The number of hydrogen-bond donors (Lipinski definition) is 3. The Morgan fingerprint density at radius 3 is 2.35 bits per heavy atom. The van der Waals surface area contributed by atoms with Crippen molar-refractivity contribution in [3.8, 4) is 0 Å². The van der Waals surface area contributed by atoms with E-state index < -0.39 is 27.3 Å². The third-order valence-electron chi connectivity index (χ3n) is 1.71. The highest BCUT2D eigenvalue weighted by atomic mass is 16.6. The Labute approximate surface area is 93.7 Å². The molecule has 1 rings (SSSR count). The molecule has 0 aliphatic heterocycles. The fourth-order valence-electron chi connectivity index (χ4n) is 1.02. The first kappa shape index (κ1) is 12.2. The average molecular weight is 241 g/mol. The zero-order valence-electron chi connectivity index (χ0n) is 8.25. The first-order valence-corrected chi connectivity index (χ1v) is 4.16. The van der Waals surface area contributed by atoms with Crippen molar-refractivity contribution in [1.29, 1.82) is 0 Å². The molecule has 0 spiro atoms. The van der Waals surface area contributed by atoms with Crippen molar-refractivity contribution in [3.63, 3.8) is 0 Å². The van der Waals surface area contributed by atoms with E-state index in [0.717, 1.165) is 18.2 Å². The van der Waals surface area contributed by atoms with Crippen molar-refractivity contribution >= 4 is 23.1 Å². The van der Waals surface area contributed by atoms with E-state index >= 15 is 0 Å². The van der Waals surface area contributed by atoms with Crippen LogP contribution in [0.15, 0.2) is 18.2 Å². The van der Waals surface area contributed by atoms with Crippen LogP contribution in [0.25, 0.3) is 0 Å². The lowest BCUT2D eigenvalue weighted by molar-refractivity contribution is -0.393. The van der Waals surface area contributed by atoms with E-state index in [0.29, 0.717) is 0 Å². The molecule has 0 bridgehead atoms. The molecule has 2 amide bonds. The molecule has 0 aliphatic rings. The topological polar surface area (TPSA) is 153 Å². The van der Waals surface area contributed by atoms with Gasteiger partial charge in [0, 0.05) is 6.07 Å². The van der Waals surface area contributed by atoms with Gasteiger partial charge in [0.15, 0.2) is 0 Å². The van der Waals surface area contributed by atoms with E-state index in [9.17, 15) is 25.0 Å². The van der Waals surface area contributed by atoms with Crippen LogP contribution in [0.2, 0.25) is 0 Å². The van der Waals surface area contributed by atoms with Crippen molar-refractivity contribution < 1.29 is 14.6 Å². The average Bonchev–Trinajstić information content (AvgIpc) is 2.25. The molecular formula is C7H7N5O5. The van der Waals surface area contributed by atoms with Crippen LogP contribution in [0.3, 0.4) is 0 Å². The second-order valence-electron chi connectivity index (χ2n) is 2.83. The molecular weight excluding hydrogens is 234 g/mol. The summed E-state index contributed by atoms with van der Waals surface area (Å²) in [6.45, 7) is 0. The van der Waals surface area contributed by atoms with Crippen LogP contribution in [-0.4, -0.2) is 15.9 Å². The second-order valence-corrected chi connectivity index (χ2v) is 2.83. The van der Waals surface area contributed by atoms with E-state index in [1.54, 1.807) is 0 Å². The van der Waals surface area contributed by atoms with Crippen molar-refractivity contribution in [2.24, 2.45) is 5.73 Å². The molecule has 17 heavy (non-hydrogen) atoms. The molecule has 0 heterocycles. The molecule has 0 saturated heterocycles. The lowest BCUT2D eigenvalue weighted by atomic mass is 10.2. The Morgan fingerprint density at radius 1 is 1.24 bits per heavy atom. The van der Waals surface area contributed by atoms with E-state index in [4.69, 9.17) is 5.73 Å². The SMILES string of the molecule is NC(=O)NNc1ccc([N+](=O)[O-])cc1[N+](=O)[O-]. The standard InChI is InChI=1S/C7H7N5O5/c8-7(13)10-9-5-2-1-4(11(14)15)3-6(5)12(16)17/h1-3,9H,(H3,8,10,13). The van der Waals surface area contributed by atoms with Crippen molar-refractivity contribution in [2.45, 2.75) is 0 Å². The largest absolute Gasteiger partial charge is 0.350 e. The maximum atomic E-state index is 10.6. The second kappa shape index (κ2) is 4.74. The number of nitro groups is 2. The number of anilines is 1. The molecule has 90 valence electrons. The number of nitrogens with zero attached hydrogens (tertiary/aromatic N) is 2. The Bertz CT molecular complexity index is 488. The van der Waals surface area contributed by atoms with Crippen molar-refractivity contribution in [3.05, 3.63) is 38.4 Å². The van der Waals surface area contributed by atoms with E-state index in [1.807, 2.05) is 5.43 Å². The number of nitrogens with one attached hydrogen (secondary N) is 2. The van der Waals surface area contributed by atoms with Gasteiger partial charge < -0.3 is 5.73 Å². The molecule has 1 aromatic rings. The van der Waals surface area contributed by atoms with Gasteiger partial charge in [0.1, 0.15) is 5.69 Å². The zero-order valence-corrected chi connectivity index (χ0v) is 8.25. The molecule has 10 nitrogen and oxygen atoms in total. The summed E-state index contributed by atoms with van der Waals surface area (Å²) in [5.41, 5.74) is 7.76. The van der Waals surface area contributed by atoms with Gasteiger partial charge in [-0.05, 0) is 6.07 Å². The molecule has 0 fully saturated rings. The minimum Gasteiger partial charge on any atom is -0.350 e. The Hall–Kier alpha value is -2.91. The summed E-state index contributed by atoms with van der Waals surface area (Å²) in [5.74, 6) is 0. The van der Waals surface area contributed by atoms with Crippen LogP contribution in [0.1, 0.15) is 0 Å². The highest BCUT2D eigenvalue weighted by Gasteiger charge is 2.19. The summed E-state index contributed by atoms with van der Waals surface area (Å²) in [6, 6.07) is 1.97. The zero-order chi connectivity index (χ0) is 13.0. The van der Waals surface area contributed by atoms with Crippen LogP contribution in [0.4, 0.5) is 21.9 Å². The quantitative estimate of drug-likeness (QED) is 0.515. The number of carbonyl (C=O) groups is 1. The van der Waals surface area contributed by atoms with Crippen molar-refractivity contribution in [1.82, 2.24) is 5.43 Å². The third-order valence-corrected chi connectivity index (χ3v) is 1.71. The minimum atomic E-state index is -0.947. The molecule has 10 heteroatoms. The summed E-state index contributed by atoms with van der Waals surface area (Å²) >= 11 is 0. The predicted octanol–water partition coefficient (Wildman–Crippen LogP) is 0.498. The number of carbonyl (C=O) groups excluding carboxylic acids is 1. The fourth-order valence-corrected chi connectivity index (χ4v) is 1.02. The van der Waals surface area contributed by atoms with Gasteiger partial charge in [-0.15, -0.1) is 0 Å². The molecule has 0 radical (unpaired) electrons. The minimum absolute atomic E-state index is 0.112. The molecule has 1 aromatic carbocycles. The predicted molar refractivity (Wildman–Crippen MR) is 56.1 cm³/mol. The monoisotopic (exact) mass is 241 g/mol. The summed E-state index contributed by atoms with van der Waals surface area (Å²) in [4.78, 5) is 29.9. The van der Waals surface area contributed by atoms with E-state index in [1.165, 1.54) is 0 Å². The van der Waals surface area contributed by atoms with Crippen LogP contribution < -0.4 is 16.6 Å². The van der Waals surface area contributed by atoms with Crippen molar-refractivity contribution in [2.75, 3.05) is 5.43 Å². The molecule has 4 N–H and O–H groups in total. The maximum Gasteiger partial charge on any atom is 0.330 e. The van der Waals surface area contributed by atoms with Gasteiger partial charge in [-0.3, -0.25) is 31.1 Å². The lowest BCUT2D eigenvalue weighted by Crippen LogP contribution is -2.34. The molecule has 0 aliphatic carbocycles. The molecule has 0 saturated carbocycles. The number of urea groups is 1. The third kappa shape index (κ3) is 3.02. The number of amides is 2. The number of hydrazine groups is 1. The van der Waals surface area contributed by atoms with Crippen LogP contribution in [-0.2, 0) is 0 Å². The number of hydrogen-bond acceptors (Lipinski definition) is 6. The highest BCUT2D eigenvalue weighted by Crippen LogP contribution is 2.28. The number of non-ortho nitro benzene ring substituents is 1. The van der Waals surface area contributed by atoms with Gasteiger partial charge in [-0.25, -0.2) is 4.79 Å². The Balaban J connectivity index is 3.08. The van der Waals surface area contributed by atoms with Gasteiger partial charge >= 0.3 is 11.7 Å². The normalized spacial score (nSPS) is 9.41. The molecule has 0 unspecified atom stereocenters. The van der Waals surface area contributed by atoms with Gasteiger partial charge in [0.2, 0.25) is 0 Å². The number of nitrogens with two attached hydrogens (primary N) is 1. The Kier molecular flexibility index (Phi) is 3.39. The van der Waals surface area contributed by atoms with Crippen LogP contribution in [0.5, 0.6) is 0 Å². The van der Waals surface area contributed by atoms with Gasteiger partial charge in [-0.2, -0.15) is 0 Å². The summed E-state index contributed by atoms with van der Waals surface area (Å²) in [5, 5.41) is 21.1. The first-order chi connectivity index (χ1) is 7.91. The fraction of sp³-hybridized carbons (Fsp3) is 0. The first-order valence-electron chi connectivity index (χ1n) is 4.16. The van der Waals surface area contributed by atoms with Gasteiger partial charge in [0.05, 0.1) is 15.9 Å². The number of benzene rings is 1. The number of primary amides is 1. The molecule has 0 aromatic heterocycles. The number of rotatable bonds is 4. The van der Waals surface area contributed by atoms with Crippen LogP contribution in [0, 0.1) is 20.2 Å². The van der Waals surface area contributed by atoms with Gasteiger partial charge in [-0.1, -0.05) is 0 Å². The van der Waals surface area contributed by atoms with E-state index in [-0.39, 0.29) is 5.69 Å². The van der Waals surface area contributed by atoms with Crippen LogP contribution >= 0.6 is 0 Å². The summed E-state index contributed by atoms with van der Waals surface area (Å²) in [6.07, 6.45) is 0. The number of nitro benzene ring substituents is 2. The van der Waals surface area contributed by atoms with Gasteiger partial charge in [0.25, 0.3) is 5.69 Å². The van der Waals surface area contributed by atoms with E-state index in [2.05, 4.69) is 5.43 Å². The Morgan fingerprint density at radius 2 is 1.88 bits per heavy atom. The highest BCUT2D eigenvalue weighted by molar-refractivity contribution is 5.75. The lowest BCUT2D eigenvalue weighted by Gasteiger charge is -2.06.